The predicted octanol–water partition coefficient (Wildman–Crippen LogP) is 2.42. The summed E-state index contributed by atoms with van der Waals surface area (Å²) in [5.41, 5.74) is 7.31. The molecule has 2 heterocycles. The fraction of sp³-hybridized carbons (Fsp3) is 0.400. The molecule has 0 saturated heterocycles. The number of hydrogen-bond acceptors (Lipinski definition) is 3. The number of halogens is 1. The normalized spacial score (nSPS) is 12.3. The fourth-order valence-electron chi connectivity index (χ4n) is 1.54. The number of nitrogens with two attached hydrogens (primary N) is 1. The Kier molecular flexibility index (Phi) is 2.12. The molecule has 0 aliphatic heterocycles. The zero-order chi connectivity index (χ0) is 11.2. The molecule has 0 spiro atoms. The predicted molar refractivity (Wildman–Crippen MR) is 61.9 cm³/mol. The van der Waals surface area contributed by atoms with E-state index in [2.05, 4.69) is 30.7 Å². The van der Waals surface area contributed by atoms with Crippen molar-refractivity contribution in [3.8, 4) is 0 Å². The molecule has 0 radical (unpaired) electrons. The summed E-state index contributed by atoms with van der Waals surface area (Å²) in [7, 11) is 0. The zero-order valence-electron chi connectivity index (χ0n) is 8.95. The second kappa shape index (κ2) is 3.10. The van der Waals surface area contributed by atoms with Crippen molar-refractivity contribution in [3.05, 3.63) is 17.5 Å². The standard InChI is InChI=1S/C10H13ClN4/c1-10(2,3)15-5-13-8-6(15)4-7(11)14-9(8)12/h4-5H,1-3H3,(H2,12,14). The van der Waals surface area contributed by atoms with Crippen LogP contribution in [-0.2, 0) is 5.54 Å². The van der Waals surface area contributed by atoms with E-state index in [1.165, 1.54) is 0 Å². The quantitative estimate of drug-likeness (QED) is 0.700. The highest BCUT2D eigenvalue weighted by atomic mass is 35.5. The lowest BCUT2D eigenvalue weighted by molar-refractivity contribution is 0.408. The maximum Gasteiger partial charge on any atom is 0.153 e. The molecule has 2 N–H and O–H groups in total. The molecule has 4 nitrogen and oxygen atoms in total. The molecule has 0 aliphatic carbocycles. The van der Waals surface area contributed by atoms with Gasteiger partial charge in [0.1, 0.15) is 10.7 Å². The number of hydrogen-bond donors (Lipinski definition) is 1. The Morgan fingerprint density at radius 2 is 2.07 bits per heavy atom. The van der Waals surface area contributed by atoms with Crippen LogP contribution in [0.3, 0.4) is 0 Å². The molecule has 0 fully saturated rings. The van der Waals surface area contributed by atoms with Crippen molar-refractivity contribution >= 4 is 28.5 Å². The van der Waals surface area contributed by atoms with E-state index in [0.717, 1.165) is 5.52 Å². The number of pyridine rings is 1. The van der Waals surface area contributed by atoms with Crippen LogP contribution in [-0.4, -0.2) is 14.5 Å². The third kappa shape index (κ3) is 1.65. The van der Waals surface area contributed by atoms with Crippen LogP contribution in [0.1, 0.15) is 20.8 Å². The number of anilines is 1. The summed E-state index contributed by atoms with van der Waals surface area (Å²) in [6.07, 6.45) is 1.76. The van der Waals surface area contributed by atoms with Gasteiger partial charge in [0.05, 0.1) is 11.8 Å². The van der Waals surface area contributed by atoms with Crippen molar-refractivity contribution < 1.29 is 0 Å². The van der Waals surface area contributed by atoms with Crippen LogP contribution in [0, 0.1) is 0 Å². The van der Waals surface area contributed by atoms with E-state index in [-0.39, 0.29) is 5.54 Å². The second-order valence-corrected chi connectivity index (χ2v) is 4.87. The molecule has 80 valence electrons. The Balaban J connectivity index is 2.80. The van der Waals surface area contributed by atoms with E-state index in [0.29, 0.717) is 16.5 Å². The Labute approximate surface area is 93.1 Å². The minimum absolute atomic E-state index is 0.0497. The van der Waals surface area contributed by atoms with E-state index in [1.54, 1.807) is 12.4 Å². The summed E-state index contributed by atoms with van der Waals surface area (Å²) >= 11 is 5.87. The summed E-state index contributed by atoms with van der Waals surface area (Å²) < 4.78 is 2.03. The van der Waals surface area contributed by atoms with Gasteiger partial charge in [0.25, 0.3) is 0 Å². The van der Waals surface area contributed by atoms with Crippen molar-refractivity contribution in [3.63, 3.8) is 0 Å². The highest BCUT2D eigenvalue weighted by Gasteiger charge is 2.17. The molecular formula is C10H13ClN4. The number of fused-ring (bicyclic) bond motifs is 1. The van der Waals surface area contributed by atoms with Crippen LogP contribution in [0.2, 0.25) is 5.15 Å². The van der Waals surface area contributed by atoms with Gasteiger partial charge in [-0.2, -0.15) is 0 Å². The minimum Gasteiger partial charge on any atom is -0.382 e. The van der Waals surface area contributed by atoms with Gasteiger partial charge in [0.2, 0.25) is 0 Å². The van der Waals surface area contributed by atoms with Gasteiger partial charge in [-0.1, -0.05) is 11.6 Å². The summed E-state index contributed by atoms with van der Waals surface area (Å²) in [5, 5.41) is 0.394. The summed E-state index contributed by atoms with van der Waals surface area (Å²) in [4.78, 5) is 8.21. The third-order valence-corrected chi connectivity index (χ3v) is 2.45. The van der Waals surface area contributed by atoms with Crippen LogP contribution in [0.15, 0.2) is 12.4 Å². The number of imidazole rings is 1. The Morgan fingerprint density at radius 3 is 2.67 bits per heavy atom. The average Bonchev–Trinajstić information content (AvgIpc) is 2.45. The second-order valence-electron chi connectivity index (χ2n) is 4.48. The molecule has 2 aromatic heterocycles. The summed E-state index contributed by atoms with van der Waals surface area (Å²) in [5.74, 6) is 0.375. The van der Waals surface area contributed by atoms with Gasteiger partial charge in [0, 0.05) is 11.6 Å². The molecule has 2 aromatic rings. The summed E-state index contributed by atoms with van der Waals surface area (Å²) in [6.45, 7) is 6.29. The molecule has 0 unspecified atom stereocenters. The van der Waals surface area contributed by atoms with Crippen LogP contribution >= 0.6 is 11.6 Å². The SMILES string of the molecule is CC(C)(C)n1cnc2c(N)nc(Cl)cc21. The van der Waals surface area contributed by atoms with Gasteiger partial charge in [-0.05, 0) is 20.8 Å². The van der Waals surface area contributed by atoms with Crippen LogP contribution < -0.4 is 5.73 Å². The Hall–Kier alpha value is -1.29. The van der Waals surface area contributed by atoms with Crippen LogP contribution in [0.25, 0.3) is 11.0 Å². The number of nitrogens with zero attached hydrogens (tertiary/aromatic N) is 3. The molecule has 15 heavy (non-hydrogen) atoms. The van der Waals surface area contributed by atoms with E-state index in [1.807, 2.05) is 4.57 Å². The maximum absolute atomic E-state index is 5.87. The minimum atomic E-state index is -0.0497. The maximum atomic E-state index is 5.87. The largest absolute Gasteiger partial charge is 0.382 e. The lowest BCUT2D eigenvalue weighted by Crippen LogP contribution is -2.20. The number of nitrogen functional groups attached to an aromatic ring is 1. The first kappa shape index (κ1) is 10.2. The molecule has 0 aliphatic rings. The molecule has 0 bridgehead atoms. The van der Waals surface area contributed by atoms with Crippen molar-refractivity contribution in [1.82, 2.24) is 14.5 Å². The van der Waals surface area contributed by atoms with E-state index < -0.39 is 0 Å². The van der Waals surface area contributed by atoms with Gasteiger partial charge < -0.3 is 10.3 Å². The van der Waals surface area contributed by atoms with E-state index in [4.69, 9.17) is 17.3 Å². The van der Waals surface area contributed by atoms with E-state index in [9.17, 15) is 0 Å². The van der Waals surface area contributed by atoms with Gasteiger partial charge in [-0.15, -0.1) is 0 Å². The Bertz CT molecular complexity index is 510. The third-order valence-electron chi connectivity index (χ3n) is 2.25. The topological polar surface area (TPSA) is 56.7 Å². The molecule has 2 rings (SSSR count). The average molecular weight is 225 g/mol. The molecule has 0 amide bonds. The van der Waals surface area contributed by atoms with Crippen LogP contribution in [0.5, 0.6) is 0 Å². The smallest absolute Gasteiger partial charge is 0.153 e. The summed E-state index contributed by atoms with van der Waals surface area (Å²) in [6, 6.07) is 1.78. The number of aromatic nitrogens is 3. The first-order valence-corrected chi connectivity index (χ1v) is 5.07. The first-order valence-electron chi connectivity index (χ1n) is 4.69. The molecule has 0 saturated carbocycles. The molecule has 0 aromatic carbocycles. The fourth-order valence-corrected chi connectivity index (χ4v) is 1.74. The van der Waals surface area contributed by atoms with Crippen molar-refractivity contribution in [2.24, 2.45) is 0 Å². The van der Waals surface area contributed by atoms with Crippen molar-refractivity contribution in [2.45, 2.75) is 26.3 Å². The highest BCUT2D eigenvalue weighted by molar-refractivity contribution is 6.30. The first-order chi connectivity index (χ1) is 6.89. The van der Waals surface area contributed by atoms with Gasteiger partial charge in [-0.25, -0.2) is 9.97 Å². The lowest BCUT2D eigenvalue weighted by Gasteiger charge is -2.21. The van der Waals surface area contributed by atoms with Gasteiger partial charge in [0.15, 0.2) is 5.82 Å². The molecular weight excluding hydrogens is 212 g/mol. The van der Waals surface area contributed by atoms with Gasteiger partial charge >= 0.3 is 0 Å². The van der Waals surface area contributed by atoms with Crippen LogP contribution in [0.4, 0.5) is 5.82 Å². The van der Waals surface area contributed by atoms with Crippen molar-refractivity contribution in [1.29, 1.82) is 0 Å². The zero-order valence-corrected chi connectivity index (χ0v) is 9.71. The number of rotatable bonds is 0. The monoisotopic (exact) mass is 224 g/mol. The van der Waals surface area contributed by atoms with Crippen molar-refractivity contribution in [2.75, 3.05) is 5.73 Å². The highest BCUT2D eigenvalue weighted by Crippen LogP contribution is 2.26. The lowest BCUT2D eigenvalue weighted by atomic mass is 10.1. The van der Waals surface area contributed by atoms with E-state index >= 15 is 0 Å². The van der Waals surface area contributed by atoms with Gasteiger partial charge in [-0.3, -0.25) is 0 Å². The Morgan fingerprint density at radius 1 is 1.40 bits per heavy atom. The molecule has 5 heteroatoms. The molecule has 0 atom stereocenters.